The van der Waals surface area contributed by atoms with Gasteiger partial charge < -0.3 is 10.6 Å². The zero-order valence-electron chi connectivity index (χ0n) is 13.5. The van der Waals surface area contributed by atoms with Crippen LogP contribution >= 0.6 is 15.9 Å². The molecular weight excluding hydrogens is 388 g/mol. The van der Waals surface area contributed by atoms with Crippen molar-refractivity contribution < 1.29 is 9.59 Å². The van der Waals surface area contributed by atoms with Crippen LogP contribution in [0.4, 0.5) is 11.4 Å². The first-order valence-electron chi connectivity index (χ1n) is 7.34. The van der Waals surface area contributed by atoms with Crippen LogP contribution in [0.15, 0.2) is 47.2 Å². The van der Waals surface area contributed by atoms with E-state index in [4.69, 9.17) is 0 Å². The SMILES string of the molecule is Cn1ccc(C(=O)Nc2ccc(NC(=O)c3c(Br)cnn3C)cc2)n1. The first kappa shape index (κ1) is 16.9. The lowest BCUT2D eigenvalue weighted by Crippen LogP contribution is -2.17. The predicted octanol–water partition coefficient (Wildman–Crippen LogP) is 2.42. The van der Waals surface area contributed by atoms with Gasteiger partial charge in [0.1, 0.15) is 5.69 Å². The van der Waals surface area contributed by atoms with E-state index in [1.54, 1.807) is 61.5 Å². The van der Waals surface area contributed by atoms with E-state index in [2.05, 4.69) is 36.8 Å². The Morgan fingerprint density at radius 3 is 2.08 bits per heavy atom. The largest absolute Gasteiger partial charge is 0.321 e. The van der Waals surface area contributed by atoms with Crippen LogP contribution in [0.2, 0.25) is 0 Å². The molecule has 25 heavy (non-hydrogen) atoms. The average Bonchev–Trinajstić information content (AvgIpc) is 3.15. The van der Waals surface area contributed by atoms with E-state index in [1.165, 1.54) is 4.68 Å². The number of hydrogen-bond donors (Lipinski definition) is 2. The zero-order valence-corrected chi connectivity index (χ0v) is 15.1. The topological polar surface area (TPSA) is 93.8 Å². The molecule has 0 radical (unpaired) electrons. The van der Waals surface area contributed by atoms with Gasteiger partial charge in [-0.05, 0) is 46.3 Å². The molecule has 0 unspecified atom stereocenters. The van der Waals surface area contributed by atoms with Crippen molar-refractivity contribution in [2.45, 2.75) is 0 Å². The maximum absolute atomic E-state index is 12.3. The zero-order chi connectivity index (χ0) is 18.0. The summed E-state index contributed by atoms with van der Waals surface area (Å²) < 4.78 is 3.66. The molecule has 0 aliphatic carbocycles. The van der Waals surface area contributed by atoms with Gasteiger partial charge in [0.15, 0.2) is 5.69 Å². The molecule has 0 bridgehead atoms. The summed E-state index contributed by atoms with van der Waals surface area (Å²) in [5, 5.41) is 13.6. The van der Waals surface area contributed by atoms with Gasteiger partial charge in [-0.1, -0.05) is 0 Å². The molecule has 0 saturated carbocycles. The highest BCUT2D eigenvalue weighted by Gasteiger charge is 2.15. The van der Waals surface area contributed by atoms with Crippen LogP contribution in [0.5, 0.6) is 0 Å². The van der Waals surface area contributed by atoms with Crippen molar-refractivity contribution in [3.8, 4) is 0 Å². The summed E-state index contributed by atoms with van der Waals surface area (Å²) in [4.78, 5) is 24.3. The number of halogens is 1. The summed E-state index contributed by atoms with van der Waals surface area (Å²) in [5.74, 6) is -0.576. The summed E-state index contributed by atoms with van der Waals surface area (Å²) in [6, 6.07) is 8.45. The lowest BCUT2D eigenvalue weighted by atomic mass is 10.2. The fourth-order valence-corrected chi connectivity index (χ4v) is 2.75. The first-order valence-corrected chi connectivity index (χ1v) is 8.13. The van der Waals surface area contributed by atoms with Crippen LogP contribution in [-0.4, -0.2) is 31.4 Å². The Labute approximate surface area is 152 Å². The molecular formula is C16H15BrN6O2. The number of carbonyl (C=O) groups excluding carboxylic acids is 2. The first-order chi connectivity index (χ1) is 11.9. The van der Waals surface area contributed by atoms with E-state index >= 15 is 0 Å². The Kier molecular flexibility index (Phi) is 4.66. The van der Waals surface area contributed by atoms with Gasteiger partial charge in [-0.25, -0.2) is 0 Å². The van der Waals surface area contributed by atoms with E-state index < -0.39 is 0 Å². The van der Waals surface area contributed by atoms with Gasteiger partial charge in [-0.3, -0.25) is 19.0 Å². The minimum atomic E-state index is -0.295. The number of aromatic nitrogens is 4. The van der Waals surface area contributed by atoms with Gasteiger partial charge >= 0.3 is 0 Å². The number of benzene rings is 1. The number of anilines is 2. The molecule has 0 spiro atoms. The molecule has 128 valence electrons. The lowest BCUT2D eigenvalue weighted by Gasteiger charge is -2.08. The molecule has 2 aromatic heterocycles. The van der Waals surface area contributed by atoms with Crippen LogP contribution in [0.3, 0.4) is 0 Å². The maximum atomic E-state index is 12.3. The quantitative estimate of drug-likeness (QED) is 0.700. The Hall–Kier alpha value is -2.94. The van der Waals surface area contributed by atoms with Crippen molar-refractivity contribution in [2.24, 2.45) is 14.1 Å². The minimum Gasteiger partial charge on any atom is -0.321 e. The molecule has 0 aliphatic heterocycles. The van der Waals surface area contributed by atoms with Crippen molar-refractivity contribution in [2.75, 3.05) is 10.6 Å². The third-order valence-electron chi connectivity index (χ3n) is 3.46. The number of hydrogen-bond acceptors (Lipinski definition) is 4. The van der Waals surface area contributed by atoms with Crippen molar-refractivity contribution >= 4 is 39.1 Å². The van der Waals surface area contributed by atoms with Crippen LogP contribution in [0.25, 0.3) is 0 Å². The average molecular weight is 403 g/mol. The fraction of sp³-hybridized carbons (Fsp3) is 0.125. The third-order valence-corrected chi connectivity index (χ3v) is 4.04. The van der Waals surface area contributed by atoms with E-state index in [-0.39, 0.29) is 11.8 Å². The van der Waals surface area contributed by atoms with Crippen LogP contribution in [0, 0.1) is 0 Å². The van der Waals surface area contributed by atoms with Gasteiger partial charge in [0.05, 0.1) is 10.7 Å². The number of nitrogens with one attached hydrogen (secondary N) is 2. The molecule has 2 amide bonds. The van der Waals surface area contributed by atoms with E-state index in [9.17, 15) is 9.59 Å². The number of amides is 2. The molecule has 0 fully saturated rings. The Morgan fingerprint density at radius 1 is 1.00 bits per heavy atom. The second-order valence-corrected chi connectivity index (χ2v) is 6.18. The standard InChI is InChI=1S/C16H15BrN6O2/c1-22-8-7-13(21-22)15(24)19-10-3-5-11(6-4-10)20-16(25)14-12(17)9-18-23(14)2/h3-9H,1-2H3,(H,19,24)(H,20,25). The highest BCUT2D eigenvalue weighted by Crippen LogP contribution is 2.19. The fourth-order valence-electron chi connectivity index (χ4n) is 2.22. The summed E-state index contributed by atoms with van der Waals surface area (Å²) in [5.41, 5.74) is 1.97. The number of nitrogens with zero attached hydrogens (tertiary/aromatic N) is 4. The minimum absolute atomic E-state index is 0.280. The molecule has 0 aliphatic rings. The highest BCUT2D eigenvalue weighted by atomic mass is 79.9. The summed E-state index contributed by atoms with van der Waals surface area (Å²) in [6.07, 6.45) is 3.26. The molecule has 3 aromatic rings. The number of rotatable bonds is 4. The molecule has 3 rings (SSSR count). The van der Waals surface area contributed by atoms with E-state index in [1.807, 2.05) is 0 Å². The van der Waals surface area contributed by atoms with Crippen LogP contribution in [-0.2, 0) is 14.1 Å². The third kappa shape index (κ3) is 3.77. The monoisotopic (exact) mass is 402 g/mol. The normalized spacial score (nSPS) is 10.5. The van der Waals surface area contributed by atoms with Crippen LogP contribution in [0.1, 0.15) is 21.0 Å². The molecule has 9 heteroatoms. The summed E-state index contributed by atoms with van der Waals surface area (Å²) >= 11 is 3.29. The second-order valence-electron chi connectivity index (χ2n) is 5.32. The van der Waals surface area contributed by atoms with Gasteiger partial charge in [0, 0.05) is 31.7 Å². The lowest BCUT2D eigenvalue weighted by molar-refractivity contribution is 0.101. The Morgan fingerprint density at radius 2 is 1.60 bits per heavy atom. The van der Waals surface area contributed by atoms with Gasteiger partial charge in [-0.15, -0.1) is 0 Å². The number of carbonyl (C=O) groups is 2. The van der Waals surface area contributed by atoms with Gasteiger partial charge in [0.2, 0.25) is 0 Å². The smallest absolute Gasteiger partial charge is 0.276 e. The summed E-state index contributed by atoms with van der Waals surface area (Å²) in [6.45, 7) is 0. The number of aryl methyl sites for hydroxylation is 2. The molecule has 1 aromatic carbocycles. The summed E-state index contributed by atoms with van der Waals surface area (Å²) in [7, 11) is 3.44. The van der Waals surface area contributed by atoms with Crippen molar-refractivity contribution in [3.63, 3.8) is 0 Å². The molecule has 2 N–H and O–H groups in total. The van der Waals surface area contributed by atoms with Crippen molar-refractivity contribution in [1.29, 1.82) is 0 Å². The molecule has 0 saturated heterocycles. The van der Waals surface area contributed by atoms with Crippen molar-refractivity contribution in [3.05, 3.63) is 58.6 Å². The van der Waals surface area contributed by atoms with Gasteiger partial charge in [-0.2, -0.15) is 10.2 Å². The highest BCUT2D eigenvalue weighted by molar-refractivity contribution is 9.10. The Balaban J connectivity index is 1.66. The molecule has 0 atom stereocenters. The second kappa shape index (κ2) is 6.89. The maximum Gasteiger partial charge on any atom is 0.276 e. The van der Waals surface area contributed by atoms with E-state index in [0.29, 0.717) is 27.2 Å². The van der Waals surface area contributed by atoms with Crippen LogP contribution < -0.4 is 10.6 Å². The van der Waals surface area contributed by atoms with Gasteiger partial charge in [0.25, 0.3) is 11.8 Å². The van der Waals surface area contributed by atoms with Crippen molar-refractivity contribution in [1.82, 2.24) is 19.6 Å². The Bertz CT molecular complexity index is 909. The van der Waals surface area contributed by atoms with E-state index in [0.717, 1.165) is 0 Å². The molecule has 8 nitrogen and oxygen atoms in total. The molecule has 2 heterocycles. The predicted molar refractivity (Wildman–Crippen MR) is 96.5 cm³/mol.